The quantitative estimate of drug-likeness (QED) is 0.219. The average Bonchev–Trinajstić information content (AvgIpc) is 3.70. The van der Waals surface area contributed by atoms with E-state index in [4.69, 9.17) is 14.3 Å². The Morgan fingerprint density at radius 1 is 0.961 bits per heavy atom. The van der Waals surface area contributed by atoms with Crippen molar-refractivity contribution in [1.29, 1.82) is 0 Å². The van der Waals surface area contributed by atoms with Crippen LogP contribution in [0.3, 0.4) is 0 Å². The number of carboxylic acids is 1. The number of hydrogen-bond acceptors (Lipinski definition) is 7. The number of carboxylic acid groups (broad SMARTS) is 1. The summed E-state index contributed by atoms with van der Waals surface area (Å²) in [7, 11) is 0. The first kappa shape index (κ1) is 36.8. The summed E-state index contributed by atoms with van der Waals surface area (Å²) in [6, 6.07) is 3.89. The molecule has 0 unspecified atom stereocenters. The summed E-state index contributed by atoms with van der Waals surface area (Å²) in [6.45, 7) is 20.4. The molecule has 51 heavy (non-hydrogen) atoms. The molecule has 1 N–H and O–H groups in total. The van der Waals surface area contributed by atoms with Crippen molar-refractivity contribution >= 4 is 27.9 Å². The fraction of sp³-hybridized carbons (Fsp3) is 0.738. The van der Waals surface area contributed by atoms with Gasteiger partial charge in [0.15, 0.2) is 0 Å². The molecule has 0 aliphatic heterocycles. The molecule has 278 valence electrons. The van der Waals surface area contributed by atoms with E-state index < -0.39 is 17.4 Å². The van der Waals surface area contributed by atoms with E-state index in [1.807, 2.05) is 12.1 Å². The zero-order valence-corrected chi connectivity index (χ0v) is 33.8. The van der Waals surface area contributed by atoms with E-state index >= 15 is 0 Å². The van der Waals surface area contributed by atoms with Gasteiger partial charge in [-0.05, 0) is 146 Å². The van der Waals surface area contributed by atoms with Crippen LogP contribution in [0.4, 0.5) is 0 Å². The van der Waals surface area contributed by atoms with Gasteiger partial charge in [0.1, 0.15) is 11.8 Å². The number of aliphatic carboxylic acids is 1. The number of esters is 1. The maximum Gasteiger partial charge on any atom is 0.309 e. The van der Waals surface area contributed by atoms with Crippen LogP contribution in [0, 0.1) is 50.7 Å². The molecule has 4 saturated carbocycles. The van der Waals surface area contributed by atoms with Crippen LogP contribution in [0.2, 0.25) is 0 Å². The van der Waals surface area contributed by atoms with Crippen LogP contribution in [0.15, 0.2) is 38.4 Å². The average molecular weight is 765 g/mol. The zero-order chi connectivity index (χ0) is 36.9. The molecule has 0 saturated heterocycles. The highest BCUT2D eigenvalue weighted by molar-refractivity contribution is 9.10. The van der Waals surface area contributed by atoms with Crippen molar-refractivity contribution in [3.05, 3.63) is 39.8 Å². The summed E-state index contributed by atoms with van der Waals surface area (Å²) in [4.78, 5) is 29.4. The molecule has 7 rings (SSSR count). The highest BCUT2D eigenvalue weighted by atomic mass is 79.9. The molecule has 2 heterocycles. The van der Waals surface area contributed by atoms with Crippen molar-refractivity contribution in [2.75, 3.05) is 0 Å². The van der Waals surface area contributed by atoms with Crippen molar-refractivity contribution in [2.24, 2.45) is 50.7 Å². The number of pyridine rings is 1. The molecule has 0 radical (unpaired) electrons. The lowest BCUT2D eigenvalue weighted by molar-refractivity contribution is -0.232. The molecular formula is C42H58BrN3O5. The summed E-state index contributed by atoms with van der Waals surface area (Å²) in [5.74, 6) is 1.84. The standard InChI is InChI=1S/C42H58BrN3O5/c1-24(2)26-14-19-42(35-46-45-34(51-35)28-12-10-25(43)23-44-28)21-20-40(8)27(33(26)42)11-13-30-39(7)17-16-31(50-32(47)22-37(3,4)36(48)49)38(5,6)29(39)15-18-41(30,40)9/h10,12,23-24,27,29-31H,11,13-22H2,1-9H3,(H,48,49)/t27-,29+,30-,31+,39+,40-,41-,42+/m1/s1. The zero-order valence-electron chi connectivity index (χ0n) is 32.2. The third kappa shape index (κ3) is 5.42. The van der Waals surface area contributed by atoms with Crippen LogP contribution in [0.5, 0.6) is 0 Å². The lowest BCUT2D eigenvalue weighted by Gasteiger charge is -2.72. The number of aromatic nitrogens is 3. The molecule has 0 bridgehead atoms. The van der Waals surface area contributed by atoms with Gasteiger partial charge in [-0.3, -0.25) is 9.59 Å². The summed E-state index contributed by atoms with van der Waals surface area (Å²) in [5, 5.41) is 19.0. The minimum atomic E-state index is -1.14. The van der Waals surface area contributed by atoms with E-state index in [2.05, 4.69) is 74.5 Å². The Morgan fingerprint density at radius 2 is 1.71 bits per heavy atom. The molecule has 4 fully saturated rings. The molecular weight excluding hydrogens is 706 g/mol. The number of fused-ring (bicyclic) bond motifs is 7. The number of ether oxygens (including phenoxy) is 1. The normalized spacial score (nSPS) is 37.3. The SMILES string of the molecule is CC(C)C1=C2[C@H]3CC[C@@H]4[C@@]5(C)CC[C@H](OC(=O)CC(C)(C)C(=O)O)C(C)(C)[C@@H]5CC[C@@]4(C)[C@]3(C)CC[C@@]2(c2nnc(-c3ccc(Br)cn3)o2)CC1. The third-order valence-corrected chi connectivity index (χ3v) is 16.3. The van der Waals surface area contributed by atoms with Gasteiger partial charge in [-0.25, -0.2) is 4.98 Å². The topological polar surface area (TPSA) is 115 Å². The number of rotatable bonds is 7. The summed E-state index contributed by atoms with van der Waals surface area (Å²) in [6.07, 6.45) is 12.2. The smallest absolute Gasteiger partial charge is 0.309 e. The van der Waals surface area contributed by atoms with Crippen molar-refractivity contribution in [1.82, 2.24) is 15.2 Å². The molecule has 2 aromatic rings. The van der Waals surface area contributed by atoms with Gasteiger partial charge in [0, 0.05) is 16.1 Å². The van der Waals surface area contributed by atoms with Gasteiger partial charge in [-0.2, -0.15) is 0 Å². The lowest BCUT2D eigenvalue weighted by Crippen LogP contribution is -2.66. The maximum absolute atomic E-state index is 13.1. The van der Waals surface area contributed by atoms with Crippen molar-refractivity contribution in [3.63, 3.8) is 0 Å². The van der Waals surface area contributed by atoms with E-state index in [1.165, 1.54) is 12.8 Å². The molecule has 0 aromatic carbocycles. The Labute approximate surface area is 312 Å². The van der Waals surface area contributed by atoms with E-state index in [9.17, 15) is 14.7 Å². The van der Waals surface area contributed by atoms with Gasteiger partial charge < -0.3 is 14.3 Å². The summed E-state index contributed by atoms with van der Waals surface area (Å²) < 4.78 is 13.7. The highest BCUT2D eigenvalue weighted by Crippen LogP contribution is 2.77. The van der Waals surface area contributed by atoms with Gasteiger partial charge in [0.2, 0.25) is 5.89 Å². The molecule has 8 nitrogen and oxygen atoms in total. The van der Waals surface area contributed by atoms with Gasteiger partial charge in [0.05, 0.1) is 17.3 Å². The highest BCUT2D eigenvalue weighted by Gasteiger charge is 2.70. The predicted octanol–water partition coefficient (Wildman–Crippen LogP) is 10.4. The monoisotopic (exact) mass is 763 g/mol. The van der Waals surface area contributed by atoms with Gasteiger partial charge >= 0.3 is 11.9 Å². The number of halogens is 1. The minimum absolute atomic E-state index is 0.112. The third-order valence-electron chi connectivity index (χ3n) is 15.8. The van der Waals surface area contributed by atoms with E-state index in [0.717, 1.165) is 61.7 Å². The first-order valence-electron chi connectivity index (χ1n) is 19.4. The Bertz CT molecular complexity index is 1750. The summed E-state index contributed by atoms with van der Waals surface area (Å²) in [5.41, 5.74) is 2.82. The fourth-order valence-electron chi connectivity index (χ4n) is 12.8. The summed E-state index contributed by atoms with van der Waals surface area (Å²) >= 11 is 3.49. The second kappa shape index (κ2) is 12.2. The first-order chi connectivity index (χ1) is 23.8. The van der Waals surface area contributed by atoms with Crippen molar-refractivity contribution < 1.29 is 23.8 Å². The minimum Gasteiger partial charge on any atom is -0.481 e. The molecule has 0 spiro atoms. The van der Waals surface area contributed by atoms with Gasteiger partial charge in [0.25, 0.3) is 5.89 Å². The number of carbonyl (C=O) groups is 2. The molecule has 2 aromatic heterocycles. The number of allylic oxidation sites excluding steroid dienone is 2. The Hall–Kier alpha value is -2.55. The van der Waals surface area contributed by atoms with Crippen LogP contribution in [0.25, 0.3) is 11.6 Å². The number of hydrogen-bond donors (Lipinski definition) is 1. The Balaban J connectivity index is 1.18. The first-order valence-corrected chi connectivity index (χ1v) is 20.2. The maximum atomic E-state index is 13.1. The van der Waals surface area contributed by atoms with Crippen LogP contribution < -0.4 is 0 Å². The molecule has 8 atom stereocenters. The Morgan fingerprint density at radius 3 is 2.37 bits per heavy atom. The molecule has 9 heteroatoms. The molecule has 5 aliphatic carbocycles. The molecule has 5 aliphatic rings. The van der Waals surface area contributed by atoms with Crippen LogP contribution in [-0.2, 0) is 19.7 Å². The van der Waals surface area contributed by atoms with Crippen LogP contribution in [0.1, 0.15) is 139 Å². The second-order valence-electron chi connectivity index (χ2n) is 19.3. The van der Waals surface area contributed by atoms with E-state index in [-0.39, 0.29) is 39.6 Å². The van der Waals surface area contributed by atoms with Crippen molar-refractivity contribution in [3.8, 4) is 11.6 Å². The number of carbonyl (C=O) groups excluding carboxylic acids is 1. The van der Waals surface area contributed by atoms with Crippen LogP contribution >= 0.6 is 15.9 Å². The van der Waals surface area contributed by atoms with E-state index in [0.29, 0.717) is 35.3 Å². The predicted molar refractivity (Wildman–Crippen MR) is 199 cm³/mol. The number of nitrogens with zero attached hydrogens (tertiary/aromatic N) is 3. The van der Waals surface area contributed by atoms with Crippen LogP contribution in [-0.4, -0.2) is 38.3 Å². The van der Waals surface area contributed by atoms with E-state index in [1.54, 1.807) is 31.2 Å². The fourth-order valence-corrected chi connectivity index (χ4v) is 13.1. The largest absolute Gasteiger partial charge is 0.481 e. The van der Waals surface area contributed by atoms with Crippen molar-refractivity contribution in [2.45, 2.75) is 144 Å². The lowest BCUT2D eigenvalue weighted by atomic mass is 9.33. The van der Waals surface area contributed by atoms with Gasteiger partial charge in [-0.1, -0.05) is 59.6 Å². The molecule has 0 amide bonds. The Kier molecular flexibility index (Phi) is 8.83. The second-order valence-corrected chi connectivity index (χ2v) is 20.2. The van der Waals surface area contributed by atoms with Gasteiger partial charge in [-0.15, -0.1) is 10.2 Å².